The van der Waals surface area contributed by atoms with Gasteiger partial charge < -0.3 is 23.5 Å². The number of hydrogen-bond acceptors (Lipinski definition) is 8. The zero-order valence-corrected chi connectivity index (χ0v) is 21.7. The molecule has 182 valence electrons. The highest BCUT2D eigenvalue weighted by molar-refractivity contribution is 7.99. The van der Waals surface area contributed by atoms with E-state index in [2.05, 4.69) is 9.97 Å². The van der Waals surface area contributed by atoms with Gasteiger partial charge in [-0.05, 0) is 77.1 Å². The molecule has 0 atom stereocenters. The third-order valence-electron chi connectivity index (χ3n) is 4.28. The van der Waals surface area contributed by atoms with Gasteiger partial charge in [-0.1, -0.05) is 11.8 Å². The minimum atomic E-state index is -3.49. The smallest absolute Gasteiger partial charge is 0.361 e. The second-order valence-corrected chi connectivity index (χ2v) is 11.1. The molecule has 1 N–H and O–H groups in total. The van der Waals surface area contributed by atoms with Gasteiger partial charge in [0, 0.05) is 16.8 Å². The third-order valence-corrected chi connectivity index (χ3v) is 7.48. The van der Waals surface area contributed by atoms with E-state index in [1.54, 1.807) is 48.7 Å². The molecule has 0 bridgehead atoms. The monoisotopic (exact) mass is 504 g/mol. The predicted octanol–water partition coefficient (Wildman–Crippen LogP) is 6.12. The van der Waals surface area contributed by atoms with Gasteiger partial charge in [-0.15, -0.1) is 0 Å². The molecule has 3 aromatic rings. The fourth-order valence-corrected chi connectivity index (χ4v) is 5.83. The van der Waals surface area contributed by atoms with Crippen molar-refractivity contribution in [2.24, 2.45) is 0 Å². The number of benzene rings is 2. The van der Waals surface area contributed by atoms with Crippen LogP contribution in [0.15, 0.2) is 58.7 Å². The lowest BCUT2D eigenvalue weighted by molar-refractivity contribution is 0.0600. The summed E-state index contributed by atoms with van der Waals surface area (Å²) in [5.74, 6) is 0.466. The lowest BCUT2D eigenvalue weighted by Crippen LogP contribution is -2.16. The zero-order chi connectivity index (χ0) is 24.9. The van der Waals surface area contributed by atoms with Crippen LogP contribution in [0.3, 0.4) is 0 Å². The van der Waals surface area contributed by atoms with Gasteiger partial charge in [0.25, 0.3) is 0 Å². The molecule has 1 aromatic heterocycles. The fourth-order valence-electron chi connectivity index (χ4n) is 3.01. The first-order valence-electron chi connectivity index (χ1n) is 10.8. The van der Waals surface area contributed by atoms with Gasteiger partial charge in [0.15, 0.2) is 5.16 Å². The van der Waals surface area contributed by atoms with Crippen molar-refractivity contribution in [1.29, 1.82) is 0 Å². The number of nitrogens with one attached hydrogen (secondary N) is 1. The highest BCUT2D eigenvalue weighted by Crippen LogP contribution is 2.49. The normalized spacial score (nSPS) is 11.8. The second-order valence-electron chi connectivity index (χ2n) is 8.06. The molecule has 0 spiro atoms. The van der Waals surface area contributed by atoms with Gasteiger partial charge in [-0.25, -0.2) is 9.78 Å². The van der Waals surface area contributed by atoms with Crippen molar-refractivity contribution in [3.63, 3.8) is 0 Å². The number of aryl methyl sites for hydroxylation is 1. The molecular formula is C24H29N2O6PS. The lowest BCUT2D eigenvalue weighted by Gasteiger charge is -2.23. The largest absolute Gasteiger partial charge is 0.465 e. The molecular weight excluding hydrogens is 475 g/mol. The fraction of sp³-hybridized carbons (Fsp3) is 0.333. The van der Waals surface area contributed by atoms with Crippen molar-refractivity contribution in [2.45, 2.75) is 56.9 Å². The number of aromatic amines is 1. The molecule has 0 aliphatic carbocycles. The maximum absolute atomic E-state index is 13.3. The van der Waals surface area contributed by atoms with Crippen LogP contribution in [0.4, 0.5) is 0 Å². The predicted molar refractivity (Wildman–Crippen MR) is 131 cm³/mol. The van der Waals surface area contributed by atoms with E-state index in [1.165, 1.54) is 18.9 Å². The van der Waals surface area contributed by atoms with E-state index in [1.807, 2.05) is 34.6 Å². The molecule has 0 aliphatic heterocycles. The minimum Gasteiger partial charge on any atom is -0.465 e. The molecule has 0 unspecified atom stereocenters. The number of nitrogens with zero attached hydrogens (tertiary/aromatic N) is 1. The van der Waals surface area contributed by atoms with Crippen molar-refractivity contribution >= 4 is 30.6 Å². The average Bonchev–Trinajstić information content (AvgIpc) is 3.16. The van der Waals surface area contributed by atoms with Crippen LogP contribution in [-0.2, 0) is 18.3 Å². The van der Waals surface area contributed by atoms with Crippen LogP contribution in [0.2, 0.25) is 0 Å². The number of methoxy groups -OCH3 is 1. The van der Waals surface area contributed by atoms with Gasteiger partial charge in [-0.2, -0.15) is 0 Å². The van der Waals surface area contributed by atoms with Crippen molar-refractivity contribution in [1.82, 2.24) is 9.97 Å². The van der Waals surface area contributed by atoms with Gasteiger partial charge in [0.2, 0.25) is 0 Å². The summed E-state index contributed by atoms with van der Waals surface area (Å²) in [6.07, 6.45) is 1.20. The molecule has 0 amide bonds. The zero-order valence-electron chi connectivity index (χ0n) is 20.0. The number of rotatable bonds is 10. The number of H-pyrrole nitrogens is 1. The lowest BCUT2D eigenvalue weighted by atomic mass is 10.2. The van der Waals surface area contributed by atoms with Crippen LogP contribution in [0, 0.1) is 6.92 Å². The van der Waals surface area contributed by atoms with Crippen molar-refractivity contribution in [3.8, 4) is 11.5 Å². The van der Waals surface area contributed by atoms with Crippen molar-refractivity contribution in [2.75, 3.05) is 7.11 Å². The van der Waals surface area contributed by atoms with Gasteiger partial charge >= 0.3 is 13.6 Å². The number of ether oxygens (including phenoxy) is 2. The maximum Gasteiger partial charge on any atom is 0.361 e. The highest BCUT2D eigenvalue weighted by atomic mass is 32.2. The Morgan fingerprint density at radius 1 is 1.00 bits per heavy atom. The molecule has 1 heterocycles. The summed E-state index contributed by atoms with van der Waals surface area (Å²) in [7, 11) is -2.16. The maximum atomic E-state index is 13.3. The van der Waals surface area contributed by atoms with E-state index in [-0.39, 0.29) is 12.2 Å². The summed E-state index contributed by atoms with van der Waals surface area (Å²) in [5, 5.41) is 1.14. The standard InChI is InChI=1S/C24H29N2O6PS/c1-15(2)31-33(28,32-16(3)4)21-9-7-19(8-10-21)30-20-11-18(23(27)29-6)12-22(13-20)34-24-25-14-17(5)26-24/h7-16H,1-6H3,(H,25,26). The minimum absolute atomic E-state index is 0.268. The Kier molecular flexibility index (Phi) is 8.60. The molecule has 0 aliphatic rings. The quantitative estimate of drug-likeness (QED) is 0.261. The molecule has 3 rings (SSSR count). The van der Waals surface area contributed by atoms with E-state index in [0.717, 1.165) is 10.6 Å². The van der Waals surface area contributed by atoms with Gasteiger partial charge in [0.05, 0.1) is 30.2 Å². The first-order chi connectivity index (χ1) is 16.1. The van der Waals surface area contributed by atoms with Gasteiger partial charge in [0.1, 0.15) is 11.5 Å². The second kappa shape index (κ2) is 11.2. The van der Waals surface area contributed by atoms with E-state index < -0.39 is 13.6 Å². The number of esters is 1. The van der Waals surface area contributed by atoms with Crippen LogP contribution in [-0.4, -0.2) is 35.3 Å². The summed E-state index contributed by atoms with van der Waals surface area (Å²) in [6.45, 7) is 9.14. The van der Waals surface area contributed by atoms with E-state index in [4.69, 9.17) is 18.5 Å². The summed E-state index contributed by atoms with van der Waals surface area (Å²) >= 11 is 1.37. The SMILES string of the molecule is COC(=O)c1cc(Oc2ccc(P(=O)(OC(C)C)OC(C)C)cc2)cc(Sc2ncc(C)[nH]2)c1. The molecule has 10 heteroatoms. The molecule has 0 saturated carbocycles. The highest BCUT2D eigenvalue weighted by Gasteiger charge is 2.30. The first kappa shape index (κ1) is 26.0. The molecule has 0 saturated heterocycles. The Hall–Kier alpha value is -2.58. The Labute approximate surface area is 203 Å². The number of aromatic nitrogens is 2. The van der Waals surface area contributed by atoms with Crippen molar-refractivity contribution in [3.05, 3.63) is 59.9 Å². The van der Waals surface area contributed by atoms with E-state index in [9.17, 15) is 9.36 Å². The Balaban J connectivity index is 1.87. The average molecular weight is 505 g/mol. The van der Waals surface area contributed by atoms with E-state index in [0.29, 0.717) is 27.5 Å². The number of carbonyl (C=O) groups excluding carboxylic acids is 1. The molecule has 34 heavy (non-hydrogen) atoms. The topological polar surface area (TPSA) is 99.7 Å². The molecule has 0 fully saturated rings. The van der Waals surface area contributed by atoms with E-state index >= 15 is 0 Å². The van der Waals surface area contributed by atoms with Crippen molar-refractivity contribution < 1.29 is 27.9 Å². The molecule has 8 nitrogen and oxygen atoms in total. The number of carbonyl (C=O) groups is 1. The molecule has 2 aromatic carbocycles. The summed E-state index contributed by atoms with van der Waals surface area (Å²) < 4.78 is 35.5. The van der Waals surface area contributed by atoms with Crippen LogP contribution in [0.5, 0.6) is 11.5 Å². The Morgan fingerprint density at radius 2 is 1.65 bits per heavy atom. The summed E-state index contributed by atoms with van der Waals surface area (Å²) in [5.41, 5.74) is 1.28. The Morgan fingerprint density at radius 3 is 2.18 bits per heavy atom. The number of hydrogen-bond donors (Lipinski definition) is 1. The molecule has 0 radical (unpaired) electrons. The van der Waals surface area contributed by atoms with Crippen LogP contribution < -0.4 is 10.0 Å². The van der Waals surface area contributed by atoms with Crippen LogP contribution >= 0.6 is 19.4 Å². The third kappa shape index (κ3) is 6.96. The first-order valence-corrected chi connectivity index (χ1v) is 13.1. The van der Waals surface area contributed by atoms with Crippen LogP contribution in [0.25, 0.3) is 0 Å². The van der Waals surface area contributed by atoms with Gasteiger partial charge in [-0.3, -0.25) is 4.57 Å². The van der Waals surface area contributed by atoms with Crippen LogP contribution in [0.1, 0.15) is 43.7 Å². The Bertz CT molecular complexity index is 1160. The summed E-state index contributed by atoms with van der Waals surface area (Å²) in [4.78, 5) is 20.4. The number of imidazole rings is 1. The summed E-state index contributed by atoms with van der Waals surface area (Å²) in [6, 6.07) is 11.8.